The van der Waals surface area contributed by atoms with Crippen LogP contribution in [-0.4, -0.2) is 25.1 Å². The molecule has 0 unspecified atom stereocenters. The molecule has 0 bridgehead atoms. The summed E-state index contributed by atoms with van der Waals surface area (Å²) in [7, 11) is 0. The number of ether oxygens (including phenoxy) is 2. The van der Waals surface area contributed by atoms with Crippen LogP contribution in [0.5, 0.6) is 5.75 Å². The van der Waals surface area contributed by atoms with Crippen LogP contribution in [0.15, 0.2) is 48.5 Å². The zero-order valence-electron chi connectivity index (χ0n) is 15.6. The van der Waals surface area contributed by atoms with Crippen molar-refractivity contribution in [3.05, 3.63) is 65.2 Å². The van der Waals surface area contributed by atoms with Gasteiger partial charge in [0.2, 0.25) is 0 Å². The monoisotopic (exact) mass is 367 g/mol. The fourth-order valence-corrected chi connectivity index (χ4v) is 3.24. The summed E-state index contributed by atoms with van der Waals surface area (Å²) in [6.45, 7) is 1.96. The van der Waals surface area contributed by atoms with Crippen molar-refractivity contribution in [2.45, 2.75) is 38.6 Å². The maximum atomic E-state index is 12.1. The molecule has 1 amide bonds. The Morgan fingerprint density at radius 1 is 1.11 bits per heavy atom. The fraction of sp³-hybridized carbons (Fsp3) is 0.364. The molecule has 0 spiro atoms. The average molecular weight is 367 g/mol. The molecule has 1 atom stereocenters. The molecule has 5 heteroatoms. The van der Waals surface area contributed by atoms with E-state index in [0.29, 0.717) is 5.75 Å². The smallest absolute Gasteiger partial charge is 0.309 e. The number of amides is 1. The maximum Gasteiger partial charge on any atom is 0.309 e. The first kappa shape index (κ1) is 19.0. The molecule has 27 heavy (non-hydrogen) atoms. The Kier molecular flexibility index (Phi) is 6.47. The molecule has 0 saturated heterocycles. The summed E-state index contributed by atoms with van der Waals surface area (Å²) in [5, 5.41) is 2.97. The van der Waals surface area contributed by atoms with Crippen LogP contribution in [0.25, 0.3) is 0 Å². The fourth-order valence-electron chi connectivity index (χ4n) is 3.24. The lowest BCUT2D eigenvalue weighted by Gasteiger charge is -2.26. The van der Waals surface area contributed by atoms with Gasteiger partial charge in [0.05, 0.1) is 19.1 Å². The topological polar surface area (TPSA) is 64.6 Å². The first-order valence-corrected chi connectivity index (χ1v) is 9.34. The van der Waals surface area contributed by atoms with E-state index >= 15 is 0 Å². The molecule has 0 aliphatic heterocycles. The highest BCUT2D eigenvalue weighted by Gasteiger charge is 2.21. The Bertz CT molecular complexity index is 785. The van der Waals surface area contributed by atoms with Crippen LogP contribution in [0.4, 0.5) is 0 Å². The Morgan fingerprint density at radius 2 is 1.89 bits per heavy atom. The van der Waals surface area contributed by atoms with E-state index in [9.17, 15) is 9.59 Å². The number of hydrogen-bond acceptors (Lipinski definition) is 4. The summed E-state index contributed by atoms with van der Waals surface area (Å²) in [5.74, 6) is -0.00656. The van der Waals surface area contributed by atoms with Gasteiger partial charge in [0.1, 0.15) is 5.75 Å². The van der Waals surface area contributed by atoms with E-state index < -0.39 is 5.97 Å². The molecule has 2 aromatic carbocycles. The van der Waals surface area contributed by atoms with Crippen molar-refractivity contribution in [2.24, 2.45) is 0 Å². The molecule has 1 aliphatic rings. The van der Waals surface area contributed by atoms with E-state index in [0.717, 1.165) is 30.4 Å². The average Bonchev–Trinajstić information content (AvgIpc) is 2.68. The molecule has 0 radical (unpaired) electrons. The van der Waals surface area contributed by atoms with Crippen LogP contribution >= 0.6 is 0 Å². The highest BCUT2D eigenvalue weighted by Crippen LogP contribution is 2.29. The van der Waals surface area contributed by atoms with Gasteiger partial charge in [0.15, 0.2) is 6.61 Å². The molecule has 1 aliphatic carbocycles. The normalized spacial score (nSPS) is 15.5. The molecule has 0 heterocycles. The van der Waals surface area contributed by atoms with Crippen LogP contribution in [0, 0.1) is 6.92 Å². The summed E-state index contributed by atoms with van der Waals surface area (Å²) >= 11 is 0. The lowest BCUT2D eigenvalue weighted by atomic mass is 9.88. The van der Waals surface area contributed by atoms with Gasteiger partial charge in [-0.25, -0.2) is 0 Å². The Labute approximate surface area is 159 Å². The van der Waals surface area contributed by atoms with Crippen molar-refractivity contribution >= 4 is 11.9 Å². The van der Waals surface area contributed by atoms with Gasteiger partial charge >= 0.3 is 5.97 Å². The number of benzene rings is 2. The minimum atomic E-state index is -0.443. The van der Waals surface area contributed by atoms with Gasteiger partial charge in [-0.05, 0) is 49.4 Å². The van der Waals surface area contributed by atoms with Gasteiger partial charge in [-0.3, -0.25) is 9.59 Å². The predicted octanol–water partition coefficient (Wildman–Crippen LogP) is 3.50. The van der Waals surface area contributed by atoms with Gasteiger partial charge in [-0.15, -0.1) is 0 Å². The Hall–Kier alpha value is -2.82. The molecule has 5 nitrogen and oxygen atoms in total. The number of aryl methyl sites for hydroxylation is 2. The van der Waals surface area contributed by atoms with Gasteiger partial charge in [0, 0.05) is 0 Å². The van der Waals surface area contributed by atoms with Crippen molar-refractivity contribution in [1.29, 1.82) is 0 Å². The maximum absolute atomic E-state index is 12.1. The number of fused-ring (bicyclic) bond motifs is 1. The van der Waals surface area contributed by atoms with Gasteiger partial charge in [0.25, 0.3) is 5.91 Å². The van der Waals surface area contributed by atoms with Crippen LogP contribution in [-0.2, 0) is 20.7 Å². The number of rotatable bonds is 7. The van der Waals surface area contributed by atoms with Crippen molar-refractivity contribution in [3.63, 3.8) is 0 Å². The third-order valence-corrected chi connectivity index (χ3v) is 4.66. The number of carbonyl (C=O) groups is 2. The first-order valence-electron chi connectivity index (χ1n) is 9.34. The molecule has 142 valence electrons. The van der Waals surface area contributed by atoms with E-state index in [1.165, 1.54) is 5.56 Å². The molecule has 0 aromatic heterocycles. The second kappa shape index (κ2) is 9.21. The molecule has 3 rings (SSSR count). The van der Waals surface area contributed by atoms with Crippen LogP contribution in [0.2, 0.25) is 0 Å². The summed E-state index contributed by atoms with van der Waals surface area (Å²) in [6, 6.07) is 15.7. The zero-order valence-corrected chi connectivity index (χ0v) is 15.6. The van der Waals surface area contributed by atoms with Gasteiger partial charge in [-0.2, -0.15) is 0 Å². The largest absolute Gasteiger partial charge is 0.493 e. The van der Waals surface area contributed by atoms with Crippen molar-refractivity contribution in [2.75, 3.05) is 13.2 Å². The number of hydrogen-bond donors (Lipinski definition) is 1. The van der Waals surface area contributed by atoms with Crippen LogP contribution in [0.3, 0.4) is 0 Å². The lowest BCUT2D eigenvalue weighted by molar-refractivity contribution is -0.149. The lowest BCUT2D eigenvalue weighted by Crippen LogP contribution is -2.34. The summed E-state index contributed by atoms with van der Waals surface area (Å²) < 4.78 is 10.6. The SMILES string of the molecule is Cc1ccc(OCCC(=O)OCC(=O)N[C@H]2CCCc3ccccc32)cc1. The molecule has 1 N–H and O–H groups in total. The third-order valence-electron chi connectivity index (χ3n) is 4.66. The molecule has 0 saturated carbocycles. The second-order valence-electron chi connectivity index (χ2n) is 6.78. The summed E-state index contributed by atoms with van der Waals surface area (Å²) in [5.41, 5.74) is 3.59. The predicted molar refractivity (Wildman–Crippen MR) is 103 cm³/mol. The third kappa shape index (κ3) is 5.58. The van der Waals surface area contributed by atoms with E-state index in [1.54, 1.807) is 0 Å². The van der Waals surface area contributed by atoms with Crippen molar-refractivity contribution < 1.29 is 19.1 Å². The standard InChI is InChI=1S/C22H25NO4/c1-16-9-11-18(12-10-16)26-14-13-22(25)27-15-21(24)23-20-8-4-6-17-5-2-3-7-19(17)20/h2-3,5,7,9-12,20H,4,6,8,13-15H2,1H3,(H,23,24)/t20-/m0/s1. The molecular formula is C22H25NO4. The quantitative estimate of drug-likeness (QED) is 0.761. The first-order chi connectivity index (χ1) is 13.1. The second-order valence-corrected chi connectivity index (χ2v) is 6.78. The highest BCUT2D eigenvalue weighted by molar-refractivity contribution is 5.81. The Balaban J connectivity index is 1.38. The van der Waals surface area contributed by atoms with Crippen LogP contribution in [0.1, 0.15) is 42.0 Å². The van der Waals surface area contributed by atoms with Crippen LogP contribution < -0.4 is 10.1 Å². The molecular weight excluding hydrogens is 342 g/mol. The zero-order chi connectivity index (χ0) is 19.1. The summed E-state index contributed by atoms with van der Waals surface area (Å²) in [4.78, 5) is 23.9. The van der Waals surface area contributed by atoms with Gasteiger partial charge in [-0.1, -0.05) is 42.0 Å². The molecule has 0 fully saturated rings. The number of esters is 1. The molecule has 2 aromatic rings. The van der Waals surface area contributed by atoms with E-state index in [1.807, 2.05) is 49.4 Å². The summed E-state index contributed by atoms with van der Waals surface area (Å²) in [6.07, 6.45) is 3.09. The van der Waals surface area contributed by atoms with E-state index in [2.05, 4.69) is 11.4 Å². The minimum Gasteiger partial charge on any atom is -0.493 e. The highest BCUT2D eigenvalue weighted by atomic mass is 16.5. The van der Waals surface area contributed by atoms with Gasteiger partial charge < -0.3 is 14.8 Å². The van der Waals surface area contributed by atoms with Crippen molar-refractivity contribution in [3.8, 4) is 5.75 Å². The van der Waals surface area contributed by atoms with E-state index in [4.69, 9.17) is 9.47 Å². The number of carbonyl (C=O) groups excluding carboxylic acids is 2. The van der Waals surface area contributed by atoms with E-state index in [-0.39, 0.29) is 31.6 Å². The Morgan fingerprint density at radius 3 is 2.70 bits per heavy atom. The van der Waals surface area contributed by atoms with Crippen molar-refractivity contribution in [1.82, 2.24) is 5.32 Å². The number of nitrogens with one attached hydrogen (secondary N) is 1. The minimum absolute atomic E-state index is 0.00831.